The topological polar surface area (TPSA) is 42.2 Å². The van der Waals surface area contributed by atoms with Gasteiger partial charge in [-0.1, -0.05) is 23.7 Å². The Morgan fingerprint density at radius 1 is 1.00 bits per heavy atom. The van der Waals surface area contributed by atoms with E-state index >= 15 is 0 Å². The predicted octanol–water partition coefficient (Wildman–Crippen LogP) is 4.99. The number of carbonyl (C=O) groups is 1. The Morgan fingerprint density at radius 3 is 2.45 bits per heavy atom. The number of benzene rings is 2. The third-order valence-electron chi connectivity index (χ3n) is 3.08. The summed E-state index contributed by atoms with van der Waals surface area (Å²) in [6.45, 7) is 0. The molecule has 0 saturated heterocycles. The van der Waals surface area contributed by atoms with Crippen LogP contribution in [0.25, 0.3) is 11.3 Å². The molecule has 3 rings (SSSR count). The number of amides is 1. The summed E-state index contributed by atoms with van der Waals surface area (Å²) in [5, 5.41) is 3.12. The van der Waals surface area contributed by atoms with E-state index in [0.29, 0.717) is 22.0 Å². The third-order valence-corrected chi connectivity index (χ3v) is 3.41. The Morgan fingerprint density at radius 2 is 1.73 bits per heavy atom. The summed E-state index contributed by atoms with van der Waals surface area (Å²) >= 11 is 5.99. The van der Waals surface area contributed by atoms with Gasteiger partial charge in [0.25, 0.3) is 5.91 Å². The highest BCUT2D eigenvalue weighted by molar-refractivity contribution is 6.33. The van der Waals surface area contributed by atoms with Gasteiger partial charge in [0.1, 0.15) is 11.6 Å². The zero-order chi connectivity index (χ0) is 15.5. The molecule has 2 aromatic carbocycles. The summed E-state index contributed by atoms with van der Waals surface area (Å²) in [6, 6.07) is 16.0. The zero-order valence-electron chi connectivity index (χ0n) is 11.3. The molecule has 1 heterocycles. The molecule has 0 aliphatic rings. The highest BCUT2D eigenvalue weighted by Crippen LogP contribution is 2.24. The van der Waals surface area contributed by atoms with E-state index in [1.807, 2.05) is 0 Å². The lowest BCUT2D eigenvalue weighted by atomic mass is 10.2. The molecular weight excluding hydrogens is 305 g/mol. The van der Waals surface area contributed by atoms with E-state index in [-0.39, 0.29) is 11.6 Å². The highest BCUT2D eigenvalue weighted by Gasteiger charge is 2.13. The van der Waals surface area contributed by atoms with Crippen LogP contribution >= 0.6 is 11.6 Å². The number of para-hydroxylation sites is 1. The zero-order valence-corrected chi connectivity index (χ0v) is 12.1. The van der Waals surface area contributed by atoms with Gasteiger partial charge in [0.2, 0.25) is 0 Å². The fourth-order valence-corrected chi connectivity index (χ4v) is 2.16. The van der Waals surface area contributed by atoms with Crippen molar-refractivity contribution in [2.75, 3.05) is 5.32 Å². The van der Waals surface area contributed by atoms with Gasteiger partial charge in [-0.3, -0.25) is 4.79 Å². The molecule has 1 aromatic heterocycles. The average Bonchev–Trinajstić information content (AvgIpc) is 3.00. The van der Waals surface area contributed by atoms with Crippen LogP contribution in [0.1, 0.15) is 10.6 Å². The second-order valence-electron chi connectivity index (χ2n) is 4.60. The molecule has 110 valence electrons. The van der Waals surface area contributed by atoms with Crippen molar-refractivity contribution in [2.45, 2.75) is 0 Å². The van der Waals surface area contributed by atoms with Crippen molar-refractivity contribution < 1.29 is 13.6 Å². The minimum atomic E-state index is -0.401. The molecule has 3 nitrogen and oxygen atoms in total. The first-order valence-electron chi connectivity index (χ1n) is 6.55. The van der Waals surface area contributed by atoms with Crippen LogP contribution in [0, 0.1) is 5.82 Å². The van der Waals surface area contributed by atoms with E-state index in [9.17, 15) is 9.18 Å². The number of nitrogens with one attached hydrogen (secondary N) is 1. The third kappa shape index (κ3) is 3.02. The van der Waals surface area contributed by atoms with Crippen molar-refractivity contribution in [2.24, 2.45) is 0 Å². The number of furan rings is 1. The van der Waals surface area contributed by atoms with Crippen molar-refractivity contribution >= 4 is 23.2 Å². The highest BCUT2D eigenvalue weighted by atomic mass is 35.5. The standard InChI is InChI=1S/C17H11ClFNO2/c18-13-3-1-2-4-14(13)20-17(21)16-10-9-15(22-16)11-5-7-12(19)8-6-11/h1-10H,(H,20,21). The number of carbonyl (C=O) groups excluding carboxylic acids is 1. The van der Waals surface area contributed by atoms with Crippen LogP contribution in [-0.4, -0.2) is 5.91 Å². The van der Waals surface area contributed by atoms with Crippen LogP contribution in [-0.2, 0) is 0 Å². The van der Waals surface area contributed by atoms with Crippen molar-refractivity contribution in [1.82, 2.24) is 0 Å². The van der Waals surface area contributed by atoms with Crippen molar-refractivity contribution in [3.05, 3.63) is 77.3 Å². The van der Waals surface area contributed by atoms with Crippen LogP contribution in [0.5, 0.6) is 0 Å². The van der Waals surface area contributed by atoms with Gasteiger partial charge in [-0.2, -0.15) is 0 Å². The van der Waals surface area contributed by atoms with Gasteiger partial charge in [0.15, 0.2) is 5.76 Å². The maximum Gasteiger partial charge on any atom is 0.291 e. The second kappa shape index (κ2) is 6.03. The van der Waals surface area contributed by atoms with Gasteiger partial charge in [0.05, 0.1) is 10.7 Å². The molecule has 0 unspecified atom stereocenters. The van der Waals surface area contributed by atoms with Gasteiger partial charge in [-0.15, -0.1) is 0 Å². The summed E-state index contributed by atoms with van der Waals surface area (Å²) in [5.74, 6) is -0.0861. The maximum absolute atomic E-state index is 12.9. The number of halogens is 2. The molecule has 22 heavy (non-hydrogen) atoms. The molecule has 1 amide bonds. The fourth-order valence-electron chi connectivity index (χ4n) is 1.98. The summed E-state index contributed by atoms with van der Waals surface area (Å²) in [5.41, 5.74) is 1.20. The van der Waals surface area contributed by atoms with Crippen molar-refractivity contribution in [1.29, 1.82) is 0 Å². The summed E-state index contributed by atoms with van der Waals surface area (Å²) in [4.78, 5) is 12.1. The summed E-state index contributed by atoms with van der Waals surface area (Å²) < 4.78 is 18.4. The lowest BCUT2D eigenvalue weighted by Gasteiger charge is -2.04. The minimum absolute atomic E-state index is 0.152. The molecule has 1 N–H and O–H groups in total. The molecule has 0 fully saturated rings. The normalized spacial score (nSPS) is 10.5. The molecule has 5 heteroatoms. The van der Waals surface area contributed by atoms with Crippen LogP contribution in [0.4, 0.5) is 10.1 Å². The van der Waals surface area contributed by atoms with Crippen LogP contribution in [0.15, 0.2) is 65.1 Å². The molecule has 3 aromatic rings. The lowest BCUT2D eigenvalue weighted by molar-refractivity contribution is 0.0997. The first-order chi connectivity index (χ1) is 10.6. The Bertz CT molecular complexity index is 812. The van der Waals surface area contributed by atoms with Gasteiger partial charge in [-0.05, 0) is 48.5 Å². The van der Waals surface area contributed by atoms with Crippen LogP contribution < -0.4 is 5.32 Å². The first-order valence-corrected chi connectivity index (χ1v) is 6.93. The molecule has 0 aliphatic carbocycles. The maximum atomic E-state index is 12.9. The van der Waals surface area contributed by atoms with E-state index in [2.05, 4.69) is 5.32 Å². The SMILES string of the molecule is O=C(Nc1ccccc1Cl)c1ccc(-c2ccc(F)cc2)o1. The van der Waals surface area contributed by atoms with E-state index in [0.717, 1.165) is 0 Å². The number of rotatable bonds is 3. The monoisotopic (exact) mass is 315 g/mol. The second-order valence-corrected chi connectivity index (χ2v) is 5.01. The van der Waals surface area contributed by atoms with E-state index in [1.54, 1.807) is 48.5 Å². The summed E-state index contributed by atoms with van der Waals surface area (Å²) in [6.07, 6.45) is 0. The van der Waals surface area contributed by atoms with Crippen LogP contribution in [0.3, 0.4) is 0 Å². The molecule has 0 aliphatic heterocycles. The average molecular weight is 316 g/mol. The van der Waals surface area contributed by atoms with E-state index < -0.39 is 5.91 Å². The lowest BCUT2D eigenvalue weighted by Crippen LogP contribution is -2.11. The Labute approximate surface area is 131 Å². The van der Waals surface area contributed by atoms with Gasteiger partial charge in [-0.25, -0.2) is 4.39 Å². The number of anilines is 1. The number of hydrogen-bond donors (Lipinski definition) is 1. The molecule has 0 spiro atoms. The smallest absolute Gasteiger partial charge is 0.291 e. The van der Waals surface area contributed by atoms with E-state index in [4.69, 9.17) is 16.0 Å². The molecule has 0 saturated carbocycles. The first kappa shape index (κ1) is 14.4. The molecular formula is C17H11ClFNO2. The van der Waals surface area contributed by atoms with E-state index in [1.165, 1.54) is 12.1 Å². The van der Waals surface area contributed by atoms with Gasteiger partial charge >= 0.3 is 0 Å². The molecule has 0 atom stereocenters. The van der Waals surface area contributed by atoms with Crippen molar-refractivity contribution in [3.63, 3.8) is 0 Å². The van der Waals surface area contributed by atoms with Gasteiger partial charge < -0.3 is 9.73 Å². The molecule has 0 bridgehead atoms. The number of hydrogen-bond acceptors (Lipinski definition) is 2. The Balaban J connectivity index is 1.80. The van der Waals surface area contributed by atoms with Gasteiger partial charge in [0, 0.05) is 5.56 Å². The molecule has 0 radical (unpaired) electrons. The fraction of sp³-hybridized carbons (Fsp3) is 0. The largest absolute Gasteiger partial charge is 0.451 e. The Hall–Kier alpha value is -2.59. The Kier molecular flexibility index (Phi) is 3.94. The summed E-state index contributed by atoms with van der Waals surface area (Å²) in [7, 11) is 0. The quantitative estimate of drug-likeness (QED) is 0.739. The van der Waals surface area contributed by atoms with Crippen molar-refractivity contribution in [3.8, 4) is 11.3 Å². The minimum Gasteiger partial charge on any atom is -0.451 e. The predicted molar refractivity (Wildman–Crippen MR) is 83.5 cm³/mol. The van der Waals surface area contributed by atoms with Crippen LogP contribution in [0.2, 0.25) is 5.02 Å².